The third kappa shape index (κ3) is 4.75. The highest BCUT2D eigenvalue weighted by Crippen LogP contribution is 2.36. The highest BCUT2D eigenvalue weighted by Gasteiger charge is 2.26. The van der Waals surface area contributed by atoms with E-state index >= 15 is 0 Å². The molecule has 2 aromatic heterocycles. The first-order valence-electron chi connectivity index (χ1n) is 12.6. The summed E-state index contributed by atoms with van der Waals surface area (Å²) in [7, 11) is 1.64. The molecular weight excluding hydrogens is 482 g/mol. The Hall–Kier alpha value is -4.15. The Morgan fingerprint density at radius 2 is 2.00 bits per heavy atom. The van der Waals surface area contributed by atoms with Gasteiger partial charge in [0.1, 0.15) is 24.3 Å². The zero-order valence-electron chi connectivity index (χ0n) is 21.0. The Morgan fingerprint density at radius 1 is 1.13 bits per heavy atom. The van der Waals surface area contributed by atoms with Gasteiger partial charge in [0.2, 0.25) is 5.69 Å². The third-order valence-corrected chi connectivity index (χ3v) is 7.02. The number of ether oxygens (including phenoxy) is 2. The number of benzene rings is 3. The van der Waals surface area contributed by atoms with Crippen molar-refractivity contribution in [1.82, 2.24) is 20.1 Å². The predicted octanol–water partition coefficient (Wildman–Crippen LogP) is 3.64. The summed E-state index contributed by atoms with van der Waals surface area (Å²) < 4.78 is 13.3. The number of aromatic amines is 1. The van der Waals surface area contributed by atoms with E-state index in [0.717, 1.165) is 52.4 Å². The second-order valence-electron chi connectivity index (χ2n) is 9.44. The van der Waals surface area contributed by atoms with Crippen LogP contribution in [0.5, 0.6) is 11.5 Å². The molecule has 1 aliphatic rings. The quantitative estimate of drug-likeness (QED) is 0.237. The summed E-state index contributed by atoms with van der Waals surface area (Å²) in [5, 5.41) is 28.5. The van der Waals surface area contributed by atoms with Crippen molar-refractivity contribution in [1.29, 1.82) is 0 Å². The predicted molar refractivity (Wildman–Crippen MR) is 143 cm³/mol. The minimum absolute atomic E-state index is 0.0169. The number of rotatable bonds is 8. The van der Waals surface area contributed by atoms with Gasteiger partial charge in [-0.25, -0.2) is 5.21 Å². The average molecular weight is 512 g/mol. The van der Waals surface area contributed by atoms with Crippen molar-refractivity contribution in [3.05, 3.63) is 112 Å². The van der Waals surface area contributed by atoms with Gasteiger partial charge in [-0.15, -0.1) is 0 Å². The molecule has 5 aromatic rings. The molecule has 9 heteroatoms. The molecule has 0 amide bonds. The summed E-state index contributed by atoms with van der Waals surface area (Å²) >= 11 is 0. The normalized spacial score (nSPS) is 15.8. The fourth-order valence-electron chi connectivity index (χ4n) is 5.16. The molecule has 0 saturated carbocycles. The summed E-state index contributed by atoms with van der Waals surface area (Å²) in [5.74, 6) is 1.58. The molecule has 1 aliphatic heterocycles. The van der Waals surface area contributed by atoms with E-state index in [1.807, 2.05) is 30.3 Å². The van der Waals surface area contributed by atoms with E-state index in [4.69, 9.17) is 9.47 Å². The van der Waals surface area contributed by atoms with Crippen molar-refractivity contribution in [2.75, 3.05) is 13.7 Å². The molecule has 0 radical (unpaired) electrons. The first kappa shape index (κ1) is 24.2. The van der Waals surface area contributed by atoms with Crippen LogP contribution in [0.15, 0.2) is 79.1 Å². The molecule has 194 valence electrons. The molecule has 38 heavy (non-hydrogen) atoms. The van der Waals surface area contributed by atoms with E-state index in [2.05, 4.69) is 51.8 Å². The molecule has 0 spiro atoms. The van der Waals surface area contributed by atoms with Crippen LogP contribution in [0.2, 0.25) is 0 Å². The van der Waals surface area contributed by atoms with Gasteiger partial charge in [-0.05, 0) is 53.4 Å². The van der Waals surface area contributed by atoms with Crippen LogP contribution in [0.3, 0.4) is 0 Å². The highest BCUT2D eigenvalue weighted by molar-refractivity contribution is 5.86. The van der Waals surface area contributed by atoms with Crippen molar-refractivity contribution in [2.24, 2.45) is 0 Å². The number of nitrogens with zero attached hydrogens (tertiary/aromatic N) is 2. The van der Waals surface area contributed by atoms with Crippen LogP contribution in [0, 0.1) is 5.21 Å². The minimum atomic E-state index is -0.997. The molecule has 4 N–H and O–H groups in total. The smallest absolute Gasteiger partial charge is 0.202 e. The Morgan fingerprint density at radius 3 is 2.79 bits per heavy atom. The maximum Gasteiger partial charge on any atom is 0.202 e. The number of hydrogen-bond acceptors (Lipinski definition) is 6. The molecule has 0 saturated heterocycles. The molecule has 0 fully saturated rings. The lowest BCUT2D eigenvalue weighted by Gasteiger charge is -2.25. The van der Waals surface area contributed by atoms with Crippen LogP contribution in [-0.2, 0) is 19.6 Å². The van der Waals surface area contributed by atoms with Crippen LogP contribution in [0.25, 0.3) is 10.9 Å². The van der Waals surface area contributed by atoms with Crippen molar-refractivity contribution < 1.29 is 19.9 Å². The average Bonchev–Trinajstić information content (AvgIpc) is 3.57. The Bertz CT molecular complexity index is 1560. The molecule has 6 rings (SSSR count). The Balaban J connectivity index is 1.29. The molecule has 0 aliphatic carbocycles. The standard InChI is InChI=1S/C29H29N5O4/c1-37-27-10-7-20(13-21(27)16-33-17-22(15-31-33)34(35)36)28-29-24(11-12-30-28)25-14-23(8-9-26(25)32-29)38-18-19-5-3-2-4-6-19/h2-10,13-15,17,28,30,32,34-35H,11-12,16,18H2,1H3. The zero-order chi connectivity index (χ0) is 26.1. The zero-order valence-corrected chi connectivity index (χ0v) is 21.0. The molecule has 0 bridgehead atoms. The van der Waals surface area contributed by atoms with Crippen LogP contribution in [0.1, 0.15) is 34.0 Å². The molecule has 2 unspecified atom stereocenters. The molecule has 9 nitrogen and oxygen atoms in total. The van der Waals surface area contributed by atoms with Gasteiger partial charge in [-0.3, -0.25) is 4.68 Å². The van der Waals surface area contributed by atoms with Crippen LogP contribution < -0.4 is 20.0 Å². The lowest BCUT2D eigenvalue weighted by molar-refractivity contribution is -0.991. The lowest BCUT2D eigenvalue weighted by Crippen LogP contribution is -2.99. The lowest BCUT2D eigenvalue weighted by atomic mass is 9.93. The maximum absolute atomic E-state index is 11.3. The topological polar surface area (TPSA) is 112 Å². The number of methoxy groups -OCH3 is 1. The highest BCUT2D eigenvalue weighted by atomic mass is 16.8. The molecular formula is C29H29N5O4. The summed E-state index contributed by atoms with van der Waals surface area (Å²) in [6, 6.07) is 22.5. The second-order valence-corrected chi connectivity index (χ2v) is 9.44. The minimum Gasteiger partial charge on any atom is -0.595 e. The summed E-state index contributed by atoms with van der Waals surface area (Å²) in [4.78, 5) is 3.65. The number of hydrogen-bond donors (Lipinski definition) is 4. The van der Waals surface area contributed by atoms with E-state index in [0.29, 0.717) is 13.2 Å². The number of H-pyrrole nitrogens is 1. The second kappa shape index (κ2) is 10.3. The van der Waals surface area contributed by atoms with Gasteiger partial charge >= 0.3 is 0 Å². The van der Waals surface area contributed by atoms with E-state index in [1.165, 1.54) is 23.3 Å². The van der Waals surface area contributed by atoms with Gasteiger partial charge in [-0.2, -0.15) is 10.3 Å². The van der Waals surface area contributed by atoms with Crippen molar-refractivity contribution in [3.63, 3.8) is 0 Å². The van der Waals surface area contributed by atoms with Crippen molar-refractivity contribution in [2.45, 2.75) is 25.6 Å². The van der Waals surface area contributed by atoms with Crippen molar-refractivity contribution in [3.8, 4) is 11.5 Å². The SMILES string of the molecule is COc1ccc(C2NCCc3c2[nH]c2ccc(OCc4ccccc4)cc32)cc1Cn1cc([NH+]([O-])O)cn1. The molecule has 3 aromatic carbocycles. The number of nitrogens with one attached hydrogen (secondary N) is 3. The largest absolute Gasteiger partial charge is 0.595 e. The number of aromatic nitrogens is 3. The van der Waals surface area contributed by atoms with Gasteiger partial charge in [-0.1, -0.05) is 36.4 Å². The molecule has 3 heterocycles. The first-order valence-corrected chi connectivity index (χ1v) is 12.6. The first-order chi connectivity index (χ1) is 18.6. The number of quaternary nitrogens is 1. The van der Waals surface area contributed by atoms with Gasteiger partial charge in [0, 0.05) is 28.7 Å². The van der Waals surface area contributed by atoms with Gasteiger partial charge in [0.05, 0.1) is 25.9 Å². The number of fused-ring (bicyclic) bond motifs is 3. The van der Waals surface area contributed by atoms with E-state index in [-0.39, 0.29) is 11.7 Å². The Labute approximate surface area is 219 Å². The maximum atomic E-state index is 11.3. The van der Waals surface area contributed by atoms with Crippen LogP contribution in [0.4, 0.5) is 5.69 Å². The van der Waals surface area contributed by atoms with E-state index < -0.39 is 5.23 Å². The van der Waals surface area contributed by atoms with Gasteiger partial charge in [0.25, 0.3) is 0 Å². The van der Waals surface area contributed by atoms with Gasteiger partial charge < -0.3 is 25.0 Å². The van der Waals surface area contributed by atoms with Crippen molar-refractivity contribution >= 4 is 16.6 Å². The third-order valence-electron chi connectivity index (χ3n) is 7.02. The van der Waals surface area contributed by atoms with Crippen LogP contribution in [-0.4, -0.2) is 33.6 Å². The Kier molecular flexibility index (Phi) is 6.57. The summed E-state index contributed by atoms with van der Waals surface area (Å²) in [6.45, 7) is 1.78. The van der Waals surface area contributed by atoms with E-state index in [1.54, 1.807) is 11.8 Å². The van der Waals surface area contributed by atoms with Gasteiger partial charge in [0.15, 0.2) is 0 Å². The summed E-state index contributed by atoms with van der Waals surface area (Å²) in [5.41, 5.74) is 6.84. The summed E-state index contributed by atoms with van der Waals surface area (Å²) in [6.07, 6.45) is 3.80. The fraction of sp³-hybridized carbons (Fsp3) is 0.207. The van der Waals surface area contributed by atoms with E-state index in [9.17, 15) is 10.4 Å². The van der Waals surface area contributed by atoms with Crippen LogP contribution >= 0.6 is 0 Å². The molecule has 2 atom stereocenters. The fourth-order valence-corrected chi connectivity index (χ4v) is 5.16. The monoisotopic (exact) mass is 511 g/mol.